The average Bonchev–Trinajstić information content (AvgIpc) is 3.04. The Bertz CT molecular complexity index is 743. The van der Waals surface area contributed by atoms with Gasteiger partial charge in [-0.25, -0.2) is 4.98 Å². The van der Waals surface area contributed by atoms with Crippen molar-refractivity contribution >= 4 is 52.9 Å². The molecule has 0 radical (unpaired) electrons. The van der Waals surface area contributed by atoms with Crippen LogP contribution >= 0.6 is 35.3 Å². The van der Waals surface area contributed by atoms with Gasteiger partial charge in [-0.2, -0.15) is 0 Å². The number of guanidine groups is 1. The van der Waals surface area contributed by atoms with Crippen molar-refractivity contribution in [1.29, 1.82) is 0 Å². The van der Waals surface area contributed by atoms with Crippen LogP contribution in [0.15, 0.2) is 34.6 Å². The topological polar surface area (TPSA) is 78.4 Å². The molecule has 0 fully saturated rings. The number of aryl methyl sites for hydroxylation is 1. The highest BCUT2D eigenvalue weighted by Gasteiger charge is 2.07. The maximum atomic E-state index is 11.7. The van der Waals surface area contributed by atoms with Crippen LogP contribution in [0.5, 0.6) is 0 Å². The van der Waals surface area contributed by atoms with E-state index in [9.17, 15) is 4.79 Å². The first kappa shape index (κ1) is 23.4. The highest BCUT2D eigenvalue weighted by atomic mass is 127. The van der Waals surface area contributed by atoms with Crippen molar-refractivity contribution in [3.05, 3.63) is 45.9 Å². The molecule has 1 aromatic carbocycles. The third-order valence-corrected chi connectivity index (χ3v) is 4.59. The number of hydrogen-bond donors (Lipinski definition) is 3. The molecule has 0 saturated heterocycles. The molecule has 6 nitrogen and oxygen atoms in total. The van der Waals surface area contributed by atoms with E-state index in [0.29, 0.717) is 6.54 Å². The van der Waals surface area contributed by atoms with Gasteiger partial charge in [0.25, 0.3) is 0 Å². The summed E-state index contributed by atoms with van der Waals surface area (Å²) in [5, 5.41) is 12.7. The molecule has 0 aliphatic heterocycles. The molecule has 2 aromatic rings. The molecule has 0 spiro atoms. The van der Waals surface area contributed by atoms with Gasteiger partial charge in [0.2, 0.25) is 5.91 Å². The van der Waals surface area contributed by atoms with E-state index in [1.54, 1.807) is 18.4 Å². The van der Waals surface area contributed by atoms with Crippen molar-refractivity contribution in [3.8, 4) is 0 Å². The zero-order valence-corrected chi connectivity index (χ0v) is 19.4. The minimum absolute atomic E-state index is 0. The number of amides is 1. The first-order valence-electron chi connectivity index (χ1n) is 8.73. The second-order valence-corrected chi connectivity index (χ2v) is 7.36. The van der Waals surface area contributed by atoms with E-state index in [4.69, 9.17) is 0 Å². The van der Waals surface area contributed by atoms with E-state index in [2.05, 4.69) is 31.3 Å². The fraction of sp³-hybridized carbons (Fsp3) is 0.421. The fourth-order valence-electron chi connectivity index (χ4n) is 2.23. The molecule has 0 atom stereocenters. The monoisotopic (exact) mass is 501 g/mol. The molecule has 1 aromatic heterocycles. The van der Waals surface area contributed by atoms with Crippen LogP contribution in [0.25, 0.3) is 0 Å². The molecule has 1 heterocycles. The molecule has 148 valence electrons. The number of benzene rings is 1. The van der Waals surface area contributed by atoms with Crippen LogP contribution in [0.2, 0.25) is 0 Å². The molecule has 27 heavy (non-hydrogen) atoms. The van der Waals surface area contributed by atoms with Gasteiger partial charge in [0.15, 0.2) is 5.96 Å². The molecule has 3 N–H and O–H groups in total. The number of halogens is 1. The lowest BCUT2D eigenvalue weighted by Crippen LogP contribution is -2.37. The first-order valence-corrected chi connectivity index (χ1v) is 9.61. The van der Waals surface area contributed by atoms with Gasteiger partial charge in [-0.1, -0.05) is 26.0 Å². The Labute approximate surface area is 182 Å². The number of nitrogens with zero attached hydrogens (tertiary/aromatic N) is 2. The fourth-order valence-corrected chi connectivity index (χ4v) is 2.88. The van der Waals surface area contributed by atoms with Crippen molar-refractivity contribution in [1.82, 2.24) is 15.6 Å². The molecular weight excluding hydrogens is 473 g/mol. The minimum atomic E-state index is -0.0288. The third-order valence-electron chi connectivity index (χ3n) is 3.77. The number of carbonyl (C=O) groups excluding carboxylic acids is 1. The number of aromatic nitrogens is 1. The molecule has 1 amide bonds. The number of nitrogens with one attached hydrogen (secondary N) is 3. The average molecular weight is 501 g/mol. The summed E-state index contributed by atoms with van der Waals surface area (Å²) in [5.41, 5.74) is 3.04. The number of thiazole rings is 1. The van der Waals surface area contributed by atoms with Gasteiger partial charge in [-0.15, -0.1) is 35.3 Å². The summed E-state index contributed by atoms with van der Waals surface area (Å²) in [5.74, 6) is 0.754. The summed E-state index contributed by atoms with van der Waals surface area (Å²) in [6.45, 7) is 7.21. The van der Waals surface area contributed by atoms with Gasteiger partial charge in [-0.05, 0) is 24.6 Å². The maximum Gasteiger partial charge on any atom is 0.226 e. The van der Waals surface area contributed by atoms with Gasteiger partial charge < -0.3 is 16.0 Å². The Balaban J connectivity index is 0.00000364. The van der Waals surface area contributed by atoms with Crippen molar-refractivity contribution in [3.63, 3.8) is 0 Å². The Kier molecular flexibility index (Phi) is 10.3. The number of hydrogen-bond acceptors (Lipinski definition) is 4. The van der Waals surface area contributed by atoms with Crippen LogP contribution in [-0.2, 0) is 17.8 Å². The van der Waals surface area contributed by atoms with E-state index < -0.39 is 0 Å². The second-order valence-electron chi connectivity index (χ2n) is 6.30. The van der Waals surface area contributed by atoms with Crippen LogP contribution in [0.1, 0.15) is 30.1 Å². The lowest BCUT2D eigenvalue weighted by molar-refractivity contribution is -0.118. The van der Waals surface area contributed by atoms with Gasteiger partial charge >= 0.3 is 0 Å². The highest BCUT2D eigenvalue weighted by molar-refractivity contribution is 14.0. The summed E-state index contributed by atoms with van der Waals surface area (Å²) >= 11 is 1.67. The molecule has 8 heteroatoms. The van der Waals surface area contributed by atoms with Crippen LogP contribution in [0.4, 0.5) is 5.69 Å². The van der Waals surface area contributed by atoms with E-state index in [0.717, 1.165) is 40.9 Å². The summed E-state index contributed by atoms with van der Waals surface area (Å²) in [6, 6.07) is 7.82. The lowest BCUT2D eigenvalue weighted by Gasteiger charge is -2.12. The molecule has 0 aliphatic carbocycles. The van der Waals surface area contributed by atoms with E-state index in [1.807, 2.05) is 45.0 Å². The number of rotatable bonds is 7. The van der Waals surface area contributed by atoms with Crippen molar-refractivity contribution in [2.24, 2.45) is 10.9 Å². The minimum Gasteiger partial charge on any atom is -0.356 e. The van der Waals surface area contributed by atoms with Crippen LogP contribution in [0.3, 0.4) is 0 Å². The lowest BCUT2D eigenvalue weighted by atomic mass is 10.1. The number of carbonyl (C=O) groups is 1. The van der Waals surface area contributed by atoms with Gasteiger partial charge in [0.1, 0.15) is 0 Å². The van der Waals surface area contributed by atoms with Gasteiger partial charge in [0.05, 0.1) is 10.7 Å². The molecule has 0 saturated carbocycles. The Hall–Kier alpha value is -1.68. The van der Waals surface area contributed by atoms with Crippen molar-refractivity contribution in [2.75, 3.05) is 18.9 Å². The number of aliphatic imine (C=N–C) groups is 1. The normalized spacial score (nSPS) is 11.1. The molecular formula is C19H28IN5OS. The quantitative estimate of drug-likeness (QED) is 0.308. The number of anilines is 1. The van der Waals surface area contributed by atoms with Crippen molar-refractivity contribution in [2.45, 2.75) is 33.7 Å². The van der Waals surface area contributed by atoms with E-state index >= 15 is 0 Å². The summed E-state index contributed by atoms with van der Waals surface area (Å²) in [6.07, 6.45) is 0.870. The Morgan fingerprint density at radius 1 is 1.22 bits per heavy atom. The SMILES string of the molecule is CN=C(NCCc1csc(C)n1)NCc1ccc(NC(=O)C(C)C)cc1.I. The summed E-state index contributed by atoms with van der Waals surface area (Å²) in [7, 11) is 1.76. The predicted octanol–water partition coefficient (Wildman–Crippen LogP) is 3.57. The van der Waals surface area contributed by atoms with Gasteiger partial charge in [-0.3, -0.25) is 9.79 Å². The Morgan fingerprint density at radius 3 is 2.48 bits per heavy atom. The van der Waals surface area contributed by atoms with Crippen LogP contribution in [0, 0.1) is 12.8 Å². The van der Waals surface area contributed by atoms with Crippen LogP contribution < -0.4 is 16.0 Å². The first-order chi connectivity index (χ1) is 12.5. The van der Waals surface area contributed by atoms with E-state index in [1.165, 1.54) is 0 Å². The maximum absolute atomic E-state index is 11.7. The van der Waals surface area contributed by atoms with Gasteiger partial charge in [0, 0.05) is 43.5 Å². The Morgan fingerprint density at radius 2 is 1.93 bits per heavy atom. The highest BCUT2D eigenvalue weighted by Crippen LogP contribution is 2.11. The van der Waals surface area contributed by atoms with E-state index in [-0.39, 0.29) is 35.8 Å². The molecule has 2 rings (SSSR count). The second kappa shape index (κ2) is 11.9. The predicted molar refractivity (Wildman–Crippen MR) is 124 cm³/mol. The molecule has 0 bridgehead atoms. The summed E-state index contributed by atoms with van der Waals surface area (Å²) in [4.78, 5) is 20.4. The standard InChI is InChI=1S/C19H27N5OS.HI/c1-13(2)18(25)24-16-7-5-15(6-8-16)11-22-19(20-4)21-10-9-17-12-26-14(3)23-17;/h5-8,12-13H,9-11H2,1-4H3,(H,24,25)(H2,20,21,22);1H. The summed E-state index contributed by atoms with van der Waals surface area (Å²) < 4.78 is 0. The molecule has 0 unspecified atom stereocenters. The molecule has 0 aliphatic rings. The third kappa shape index (κ3) is 8.25. The van der Waals surface area contributed by atoms with Crippen LogP contribution in [-0.4, -0.2) is 30.4 Å². The van der Waals surface area contributed by atoms with Crippen molar-refractivity contribution < 1.29 is 4.79 Å². The zero-order valence-electron chi connectivity index (χ0n) is 16.2. The zero-order chi connectivity index (χ0) is 18.9. The largest absolute Gasteiger partial charge is 0.356 e. The smallest absolute Gasteiger partial charge is 0.226 e.